The van der Waals surface area contributed by atoms with Gasteiger partial charge in [-0.1, -0.05) is 29.8 Å². The van der Waals surface area contributed by atoms with E-state index in [2.05, 4.69) is 36.3 Å². The van der Waals surface area contributed by atoms with Crippen LogP contribution < -0.4 is 10.9 Å². The number of nitrogens with one attached hydrogen (secondary N) is 1. The minimum atomic E-state index is -4.64. The van der Waals surface area contributed by atoms with Gasteiger partial charge in [0.2, 0.25) is 0 Å². The molecule has 14 heteroatoms. The Kier molecular flexibility index (Phi) is 7.98. The molecule has 1 unspecified atom stereocenters. The number of rotatable bonds is 6. The van der Waals surface area contributed by atoms with Crippen LogP contribution in [-0.2, 0) is 25.6 Å². The van der Waals surface area contributed by atoms with Crippen molar-refractivity contribution in [3.63, 3.8) is 0 Å². The molecule has 10 nitrogen and oxygen atoms in total. The Labute approximate surface area is 247 Å². The molecule has 5 rings (SSSR count). The molecule has 1 aromatic carbocycles. The van der Waals surface area contributed by atoms with Gasteiger partial charge < -0.3 is 10.0 Å². The van der Waals surface area contributed by atoms with Crippen LogP contribution in [0, 0.1) is 5.92 Å². The van der Waals surface area contributed by atoms with E-state index in [1.54, 1.807) is 24.7 Å². The number of alkyl halides is 3. The fourth-order valence-electron chi connectivity index (χ4n) is 5.23. The second kappa shape index (κ2) is 11.2. The molecular weight excluding hydrogens is 619 g/mol. The van der Waals surface area contributed by atoms with Crippen molar-refractivity contribution >= 4 is 27.5 Å². The zero-order valence-corrected chi connectivity index (χ0v) is 24.9. The van der Waals surface area contributed by atoms with Crippen LogP contribution in [0.25, 0.3) is 11.5 Å². The molecule has 4 heterocycles. The zero-order valence-electron chi connectivity index (χ0n) is 23.3. The van der Waals surface area contributed by atoms with Crippen LogP contribution in [0.5, 0.6) is 0 Å². The van der Waals surface area contributed by atoms with E-state index in [1.165, 1.54) is 34.0 Å². The predicted octanol–water partition coefficient (Wildman–Crippen LogP) is 4.05. The summed E-state index contributed by atoms with van der Waals surface area (Å²) in [6.45, 7) is 5.79. The molecule has 1 aliphatic heterocycles. The standard InChI is InChI=1S/C28H29BrF3N7O3/c1-14(2)7-17-10-36-39-22-13-37(26(41)16-5-6-20(29)19(9-16)28(30,31)32)15(3)8-18(22)27(42)38(25(17)39)23-12-34-21(11-35-23)24(40)33-4/h5-6,9-12,14-15,24,33,40H,7-8,13H2,1-4H3/t15-,24?/m0/s1. The zero-order chi connectivity index (χ0) is 30.5. The summed E-state index contributed by atoms with van der Waals surface area (Å²) < 4.78 is 43.5. The highest BCUT2D eigenvalue weighted by molar-refractivity contribution is 9.10. The van der Waals surface area contributed by atoms with E-state index in [0.29, 0.717) is 23.3 Å². The molecule has 1 amide bonds. The summed E-state index contributed by atoms with van der Waals surface area (Å²) in [5.41, 5.74) is 1.04. The van der Waals surface area contributed by atoms with Gasteiger partial charge in [0.1, 0.15) is 17.6 Å². The number of carbonyl (C=O) groups is 1. The second-order valence-electron chi connectivity index (χ2n) is 10.7. The minimum absolute atomic E-state index is 0.0267. The molecule has 0 aliphatic carbocycles. The third-order valence-electron chi connectivity index (χ3n) is 7.29. The lowest BCUT2D eigenvalue weighted by atomic mass is 9.97. The van der Waals surface area contributed by atoms with Crippen molar-refractivity contribution in [2.24, 2.45) is 5.92 Å². The van der Waals surface area contributed by atoms with E-state index in [1.807, 2.05) is 13.8 Å². The van der Waals surface area contributed by atoms with Crippen LogP contribution in [-0.4, -0.2) is 53.2 Å². The van der Waals surface area contributed by atoms with Gasteiger partial charge in [-0.2, -0.15) is 18.3 Å². The van der Waals surface area contributed by atoms with Crippen molar-refractivity contribution < 1.29 is 23.1 Å². The molecule has 222 valence electrons. The molecule has 0 spiro atoms. The van der Waals surface area contributed by atoms with Gasteiger partial charge in [-0.15, -0.1) is 0 Å². The Balaban J connectivity index is 1.64. The number of aliphatic hydroxyl groups excluding tert-OH is 1. The number of hydrogen-bond donors (Lipinski definition) is 2. The maximum absolute atomic E-state index is 14.1. The Hall–Kier alpha value is -3.62. The van der Waals surface area contributed by atoms with Crippen LogP contribution in [0.1, 0.15) is 65.4 Å². The van der Waals surface area contributed by atoms with E-state index in [0.717, 1.165) is 11.6 Å². The highest BCUT2D eigenvalue weighted by Gasteiger charge is 2.36. The van der Waals surface area contributed by atoms with Crippen LogP contribution in [0.15, 0.2) is 46.1 Å². The first-order chi connectivity index (χ1) is 19.8. The molecule has 0 fully saturated rings. The van der Waals surface area contributed by atoms with Gasteiger partial charge in [0.15, 0.2) is 5.82 Å². The first kappa shape index (κ1) is 29.9. The van der Waals surface area contributed by atoms with Crippen LogP contribution in [0.2, 0.25) is 0 Å². The number of amides is 1. The second-order valence-corrected chi connectivity index (χ2v) is 11.6. The van der Waals surface area contributed by atoms with E-state index in [4.69, 9.17) is 0 Å². The minimum Gasteiger partial charge on any atom is -0.373 e. The first-order valence-electron chi connectivity index (χ1n) is 13.3. The number of fused-ring (bicyclic) bond motifs is 3. The molecule has 0 saturated carbocycles. The number of aliphatic hydroxyl groups is 1. The van der Waals surface area contributed by atoms with Gasteiger partial charge >= 0.3 is 6.18 Å². The average molecular weight is 648 g/mol. The van der Waals surface area contributed by atoms with Gasteiger partial charge in [-0.25, -0.2) is 14.1 Å². The Bertz CT molecular complexity index is 1720. The van der Waals surface area contributed by atoms with Crippen LogP contribution in [0.4, 0.5) is 13.2 Å². The topological polar surface area (TPSA) is 118 Å². The van der Waals surface area contributed by atoms with Gasteiger partial charge in [-0.05, 0) is 50.9 Å². The summed E-state index contributed by atoms with van der Waals surface area (Å²) in [5, 5.41) is 17.3. The summed E-state index contributed by atoms with van der Waals surface area (Å²) in [5.74, 6) is -0.108. The molecule has 2 N–H and O–H groups in total. The molecule has 0 saturated heterocycles. The van der Waals surface area contributed by atoms with Crippen LogP contribution >= 0.6 is 15.9 Å². The number of aromatic nitrogens is 5. The van der Waals surface area contributed by atoms with E-state index < -0.39 is 29.9 Å². The third-order valence-corrected chi connectivity index (χ3v) is 7.99. The molecule has 3 aromatic heterocycles. The van der Waals surface area contributed by atoms with E-state index in [-0.39, 0.29) is 46.0 Å². The highest BCUT2D eigenvalue weighted by atomic mass is 79.9. The van der Waals surface area contributed by atoms with Crippen LogP contribution in [0.3, 0.4) is 0 Å². The van der Waals surface area contributed by atoms with Crippen molar-refractivity contribution in [2.75, 3.05) is 7.05 Å². The Morgan fingerprint density at radius 3 is 2.57 bits per heavy atom. The van der Waals surface area contributed by atoms with Crippen molar-refractivity contribution in [3.8, 4) is 5.82 Å². The van der Waals surface area contributed by atoms with Crippen molar-refractivity contribution in [2.45, 2.75) is 58.6 Å². The first-order valence-corrected chi connectivity index (χ1v) is 14.1. The Morgan fingerprint density at radius 2 is 1.95 bits per heavy atom. The van der Waals surface area contributed by atoms with Crippen molar-refractivity contribution in [1.29, 1.82) is 0 Å². The monoisotopic (exact) mass is 647 g/mol. The fourth-order valence-corrected chi connectivity index (χ4v) is 5.70. The smallest absolute Gasteiger partial charge is 0.373 e. The molecular formula is C28H29BrF3N7O3. The van der Waals surface area contributed by atoms with Gasteiger partial charge in [0.25, 0.3) is 11.5 Å². The van der Waals surface area contributed by atoms with Gasteiger partial charge in [-0.3, -0.25) is 19.9 Å². The fraction of sp³-hybridized carbons (Fsp3) is 0.393. The number of nitrogens with zero attached hydrogens (tertiary/aromatic N) is 6. The maximum atomic E-state index is 14.1. The SMILES string of the molecule is CNC(O)c1cnc(-n2c(=O)c3c(n4ncc(CC(C)C)c24)CN(C(=O)c2ccc(Br)c(C(F)(F)F)c2)[C@@H](C)C3)cn1. The Morgan fingerprint density at radius 1 is 1.21 bits per heavy atom. The molecule has 1 aliphatic rings. The summed E-state index contributed by atoms with van der Waals surface area (Å²) in [4.78, 5) is 37.8. The summed E-state index contributed by atoms with van der Waals surface area (Å²) in [6, 6.07) is 2.90. The average Bonchev–Trinajstić information content (AvgIpc) is 3.34. The predicted molar refractivity (Wildman–Crippen MR) is 151 cm³/mol. The molecule has 2 atom stereocenters. The molecule has 0 bridgehead atoms. The normalized spacial score (nSPS) is 16.2. The summed E-state index contributed by atoms with van der Waals surface area (Å²) in [6.07, 6.45) is -0.447. The lowest BCUT2D eigenvalue weighted by molar-refractivity contribution is -0.138. The number of hydrogen-bond acceptors (Lipinski definition) is 7. The highest BCUT2D eigenvalue weighted by Crippen LogP contribution is 2.36. The van der Waals surface area contributed by atoms with Crippen molar-refractivity contribution in [3.05, 3.63) is 85.3 Å². The lowest BCUT2D eigenvalue weighted by Gasteiger charge is -2.35. The lowest BCUT2D eigenvalue weighted by Crippen LogP contribution is -2.46. The third kappa shape index (κ3) is 5.34. The maximum Gasteiger partial charge on any atom is 0.417 e. The summed E-state index contributed by atoms with van der Waals surface area (Å²) in [7, 11) is 1.57. The van der Waals surface area contributed by atoms with E-state index >= 15 is 0 Å². The summed E-state index contributed by atoms with van der Waals surface area (Å²) >= 11 is 2.92. The van der Waals surface area contributed by atoms with Gasteiger partial charge in [0, 0.05) is 27.2 Å². The molecule has 0 radical (unpaired) electrons. The number of benzene rings is 1. The molecule has 4 aromatic rings. The largest absolute Gasteiger partial charge is 0.417 e. The number of carbonyl (C=O) groups excluding carboxylic acids is 1. The van der Waals surface area contributed by atoms with Crippen molar-refractivity contribution in [1.82, 2.24) is 34.4 Å². The quantitative estimate of drug-likeness (QED) is 0.303. The number of halogens is 4. The van der Waals surface area contributed by atoms with E-state index in [9.17, 15) is 27.9 Å². The van der Waals surface area contributed by atoms with Gasteiger partial charge in [0.05, 0.1) is 36.4 Å². The molecule has 42 heavy (non-hydrogen) atoms.